The minimum atomic E-state index is -0.0511. The van der Waals surface area contributed by atoms with Crippen molar-refractivity contribution in [3.8, 4) is 0 Å². The minimum absolute atomic E-state index is 0.0511. The Morgan fingerprint density at radius 3 is 2.62 bits per heavy atom. The summed E-state index contributed by atoms with van der Waals surface area (Å²) in [5.74, 6) is 0. The van der Waals surface area contributed by atoms with Crippen molar-refractivity contribution in [3.05, 3.63) is 0 Å². The quantitative estimate of drug-likeness (QED) is 0.576. The molecule has 0 aromatic heterocycles. The molecule has 0 radical (unpaired) electrons. The van der Waals surface area contributed by atoms with Gasteiger partial charge in [-0.15, -0.1) is 0 Å². The molecule has 1 N–H and O–H groups in total. The summed E-state index contributed by atoms with van der Waals surface area (Å²) in [6, 6.07) is 0. The van der Waals surface area contributed by atoms with Crippen LogP contribution in [0, 0.1) is 0 Å². The van der Waals surface area contributed by atoms with Crippen molar-refractivity contribution in [2.24, 2.45) is 0 Å². The molecule has 50 valence electrons. The standard InChI is InChI=1S/C6H13IO/c1-2-6(8)4-3-5-7/h6,8H,2-5H2,1H3/t6-/m1/s1. The first-order chi connectivity index (χ1) is 3.81. The van der Waals surface area contributed by atoms with Gasteiger partial charge in [0.05, 0.1) is 6.10 Å². The van der Waals surface area contributed by atoms with Gasteiger partial charge in [-0.25, -0.2) is 0 Å². The zero-order chi connectivity index (χ0) is 6.41. The van der Waals surface area contributed by atoms with Crippen LogP contribution in [0.1, 0.15) is 26.2 Å². The molecule has 0 aromatic carbocycles. The van der Waals surface area contributed by atoms with E-state index in [0.717, 1.165) is 23.7 Å². The van der Waals surface area contributed by atoms with Gasteiger partial charge in [-0.2, -0.15) is 0 Å². The van der Waals surface area contributed by atoms with E-state index in [2.05, 4.69) is 22.6 Å². The predicted molar refractivity (Wildman–Crippen MR) is 44.4 cm³/mol. The Bertz CT molecular complexity index is 47.8. The van der Waals surface area contributed by atoms with E-state index >= 15 is 0 Å². The smallest absolute Gasteiger partial charge is 0.0537 e. The summed E-state index contributed by atoms with van der Waals surface area (Å²) in [5, 5.41) is 8.99. The summed E-state index contributed by atoms with van der Waals surface area (Å²) in [7, 11) is 0. The molecule has 0 amide bonds. The van der Waals surface area contributed by atoms with Gasteiger partial charge in [0, 0.05) is 0 Å². The topological polar surface area (TPSA) is 20.2 Å². The summed E-state index contributed by atoms with van der Waals surface area (Å²) in [6.07, 6.45) is 2.97. The lowest BCUT2D eigenvalue weighted by molar-refractivity contribution is 0.160. The van der Waals surface area contributed by atoms with Crippen molar-refractivity contribution in [3.63, 3.8) is 0 Å². The first kappa shape index (κ1) is 8.69. The third kappa shape index (κ3) is 4.84. The largest absolute Gasteiger partial charge is 0.393 e. The number of hydrogen-bond donors (Lipinski definition) is 1. The van der Waals surface area contributed by atoms with E-state index in [0.29, 0.717) is 0 Å². The maximum Gasteiger partial charge on any atom is 0.0537 e. The zero-order valence-corrected chi connectivity index (χ0v) is 7.39. The van der Waals surface area contributed by atoms with Gasteiger partial charge >= 0.3 is 0 Å². The molecule has 0 saturated carbocycles. The van der Waals surface area contributed by atoms with E-state index < -0.39 is 0 Å². The number of aliphatic hydroxyl groups excluding tert-OH is 1. The summed E-state index contributed by atoms with van der Waals surface area (Å²) < 4.78 is 1.16. The fraction of sp³-hybridized carbons (Fsp3) is 1.00. The Labute approximate surface area is 64.6 Å². The van der Waals surface area contributed by atoms with Crippen molar-refractivity contribution in [1.29, 1.82) is 0 Å². The number of aliphatic hydroxyl groups is 1. The molecule has 0 aromatic rings. The summed E-state index contributed by atoms with van der Waals surface area (Å²) in [4.78, 5) is 0. The number of rotatable bonds is 4. The minimum Gasteiger partial charge on any atom is -0.393 e. The summed E-state index contributed by atoms with van der Waals surface area (Å²) >= 11 is 2.33. The maximum atomic E-state index is 8.99. The Morgan fingerprint density at radius 1 is 1.62 bits per heavy atom. The van der Waals surface area contributed by atoms with Gasteiger partial charge in [-0.05, 0) is 23.7 Å². The predicted octanol–water partition coefficient (Wildman–Crippen LogP) is 1.97. The molecule has 0 fully saturated rings. The highest BCUT2D eigenvalue weighted by Gasteiger charge is 1.96. The number of hydrogen-bond acceptors (Lipinski definition) is 1. The molecular weight excluding hydrogens is 215 g/mol. The lowest BCUT2D eigenvalue weighted by Gasteiger charge is -2.03. The van der Waals surface area contributed by atoms with Crippen LogP contribution in [0.3, 0.4) is 0 Å². The highest BCUT2D eigenvalue weighted by Crippen LogP contribution is 2.02. The number of halogens is 1. The lowest BCUT2D eigenvalue weighted by Crippen LogP contribution is -2.03. The van der Waals surface area contributed by atoms with Gasteiger partial charge in [0.25, 0.3) is 0 Å². The molecule has 0 spiro atoms. The molecule has 1 nitrogen and oxygen atoms in total. The molecule has 0 aliphatic heterocycles. The Balaban J connectivity index is 2.86. The third-order valence-corrected chi connectivity index (χ3v) is 1.91. The van der Waals surface area contributed by atoms with Crippen molar-refractivity contribution in [1.82, 2.24) is 0 Å². The van der Waals surface area contributed by atoms with Gasteiger partial charge in [0.1, 0.15) is 0 Å². The van der Waals surface area contributed by atoms with Crippen LogP contribution < -0.4 is 0 Å². The summed E-state index contributed by atoms with van der Waals surface area (Å²) in [5.41, 5.74) is 0. The summed E-state index contributed by atoms with van der Waals surface area (Å²) in [6.45, 7) is 2.01. The highest BCUT2D eigenvalue weighted by atomic mass is 127. The molecule has 0 saturated heterocycles. The van der Waals surface area contributed by atoms with Crippen molar-refractivity contribution in [2.75, 3.05) is 4.43 Å². The molecule has 0 rings (SSSR count). The SMILES string of the molecule is CC[C@@H](O)CCCI. The van der Waals surface area contributed by atoms with Crippen molar-refractivity contribution in [2.45, 2.75) is 32.3 Å². The zero-order valence-electron chi connectivity index (χ0n) is 5.23. The average molecular weight is 228 g/mol. The molecule has 0 unspecified atom stereocenters. The normalized spacial score (nSPS) is 13.9. The van der Waals surface area contributed by atoms with Gasteiger partial charge in [-0.1, -0.05) is 29.5 Å². The van der Waals surface area contributed by atoms with Crippen molar-refractivity contribution >= 4 is 22.6 Å². The van der Waals surface area contributed by atoms with E-state index in [1.807, 2.05) is 6.92 Å². The van der Waals surface area contributed by atoms with Gasteiger partial charge in [0.15, 0.2) is 0 Å². The molecule has 8 heavy (non-hydrogen) atoms. The van der Waals surface area contributed by atoms with E-state index in [4.69, 9.17) is 5.11 Å². The molecule has 0 heterocycles. The van der Waals surface area contributed by atoms with E-state index in [-0.39, 0.29) is 6.10 Å². The number of alkyl halides is 1. The molecule has 1 atom stereocenters. The molecule has 0 aliphatic rings. The van der Waals surface area contributed by atoms with Gasteiger partial charge < -0.3 is 5.11 Å². The van der Waals surface area contributed by atoms with Crippen LogP contribution in [0.15, 0.2) is 0 Å². The molecule has 0 aliphatic carbocycles. The van der Waals surface area contributed by atoms with Gasteiger partial charge in [0.2, 0.25) is 0 Å². The van der Waals surface area contributed by atoms with E-state index in [1.54, 1.807) is 0 Å². The monoisotopic (exact) mass is 228 g/mol. The van der Waals surface area contributed by atoms with Crippen LogP contribution in [0.25, 0.3) is 0 Å². The van der Waals surface area contributed by atoms with E-state index in [9.17, 15) is 0 Å². The fourth-order valence-corrected chi connectivity index (χ4v) is 0.957. The molecule has 2 heteroatoms. The van der Waals surface area contributed by atoms with Crippen LogP contribution in [-0.2, 0) is 0 Å². The highest BCUT2D eigenvalue weighted by molar-refractivity contribution is 14.1. The molecule has 0 bridgehead atoms. The first-order valence-corrected chi connectivity index (χ1v) is 4.57. The second-order valence-corrected chi connectivity index (χ2v) is 2.97. The van der Waals surface area contributed by atoms with Crippen molar-refractivity contribution < 1.29 is 5.11 Å². The Morgan fingerprint density at radius 2 is 2.25 bits per heavy atom. The second kappa shape index (κ2) is 5.82. The van der Waals surface area contributed by atoms with Crippen LogP contribution in [0.5, 0.6) is 0 Å². The Kier molecular flexibility index (Phi) is 6.32. The Hall–Kier alpha value is 0.690. The maximum absolute atomic E-state index is 8.99. The molecular formula is C6H13IO. The van der Waals surface area contributed by atoms with Crippen LogP contribution in [0.2, 0.25) is 0 Å². The first-order valence-electron chi connectivity index (χ1n) is 3.05. The van der Waals surface area contributed by atoms with Gasteiger partial charge in [-0.3, -0.25) is 0 Å². The second-order valence-electron chi connectivity index (χ2n) is 1.89. The fourth-order valence-electron chi connectivity index (χ4n) is 0.517. The lowest BCUT2D eigenvalue weighted by atomic mass is 10.2. The van der Waals surface area contributed by atoms with Crippen LogP contribution >= 0.6 is 22.6 Å². The average Bonchev–Trinajstić information content (AvgIpc) is 1.83. The van der Waals surface area contributed by atoms with Crippen LogP contribution in [0.4, 0.5) is 0 Å². The van der Waals surface area contributed by atoms with Crippen LogP contribution in [-0.4, -0.2) is 15.6 Å². The van der Waals surface area contributed by atoms with E-state index in [1.165, 1.54) is 0 Å². The third-order valence-electron chi connectivity index (χ3n) is 1.14.